The Kier molecular flexibility index (Phi) is 3.58. The summed E-state index contributed by atoms with van der Waals surface area (Å²) in [7, 11) is 1.95. The van der Waals surface area contributed by atoms with Crippen molar-refractivity contribution < 1.29 is 4.39 Å². The molecule has 20 heavy (non-hydrogen) atoms. The van der Waals surface area contributed by atoms with Crippen molar-refractivity contribution >= 4 is 0 Å². The molecule has 0 aromatic heterocycles. The predicted octanol–water partition coefficient (Wildman–Crippen LogP) is 4.12. The van der Waals surface area contributed by atoms with Crippen LogP contribution in [-0.4, -0.2) is 7.05 Å². The maximum absolute atomic E-state index is 13.6. The van der Waals surface area contributed by atoms with E-state index >= 15 is 0 Å². The van der Waals surface area contributed by atoms with Gasteiger partial charge in [0.1, 0.15) is 5.82 Å². The third-order valence-corrected chi connectivity index (χ3v) is 4.30. The molecule has 0 heterocycles. The summed E-state index contributed by atoms with van der Waals surface area (Å²) in [4.78, 5) is 0. The largest absolute Gasteiger partial charge is 0.313 e. The van der Waals surface area contributed by atoms with E-state index in [1.54, 1.807) is 12.1 Å². The summed E-state index contributed by atoms with van der Waals surface area (Å²) in [6.07, 6.45) is 2.17. The molecule has 0 aliphatic heterocycles. The van der Waals surface area contributed by atoms with E-state index in [4.69, 9.17) is 0 Å². The monoisotopic (exact) mass is 269 g/mol. The van der Waals surface area contributed by atoms with Crippen LogP contribution in [0, 0.1) is 12.7 Å². The summed E-state index contributed by atoms with van der Waals surface area (Å²) in [5.41, 5.74) is 4.95. The third-order valence-electron chi connectivity index (χ3n) is 4.30. The maximum atomic E-state index is 13.6. The molecular weight excluding hydrogens is 249 g/mol. The highest BCUT2D eigenvalue weighted by atomic mass is 19.1. The zero-order valence-corrected chi connectivity index (χ0v) is 12.0. The highest BCUT2D eigenvalue weighted by Gasteiger charge is 2.28. The van der Waals surface area contributed by atoms with Crippen molar-refractivity contribution in [3.05, 3.63) is 70.5 Å². The first-order chi connectivity index (χ1) is 9.67. The average Bonchev–Trinajstić information content (AvgIpc) is 2.39. The van der Waals surface area contributed by atoms with Crippen molar-refractivity contribution in [3.8, 4) is 0 Å². The second kappa shape index (κ2) is 5.37. The van der Waals surface area contributed by atoms with Crippen LogP contribution in [-0.2, 0) is 6.42 Å². The fourth-order valence-electron chi connectivity index (χ4n) is 3.24. The van der Waals surface area contributed by atoms with Gasteiger partial charge in [-0.1, -0.05) is 30.3 Å². The van der Waals surface area contributed by atoms with Crippen molar-refractivity contribution in [2.24, 2.45) is 0 Å². The van der Waals surface area contributed by atoms with Gasteiger partial charge in [0.25, 0.3) is 0 Å². The summed E-state index contributed by atoms with van der Waals surface area (Å²) in [5.74, 6) is 0.446. The van der Waals surface area contributed by atoms with Gasteiger partial charge in [-0.2, -0.15) is 0 Å². The topological polar surface area (TPSA) is 12.0 Å². The lowest BCUT2D eigenvalue weighted by molar-refractivity contribution is 0.450. The van der Waals surface area contributed by atoms with Gasteiger partial charge in [0.15, 0.2) is 0 Å². The second-order valence-electron chi connectivity index (χ2n) is 5.74. The first-order valence-corrected chi connectivity index (χ1v) is 7.19. The number of nitrogens with one attached hydrogen (secondary N) is 1. The Bertz CT molecular complexity index is 600. The van der Waals surface area contributed by atoms with E-state index in [0.717, 1.165) is 24.0 Å². The Morgan fingerprint density at radius 2 is 2.05 bits per heavy atom. The quantitative estimate of drug-likeness (QED) is 0.880. The summed E-state index contributed by atoms with van der Waals surface area (Å²) < 4.78 is 13.6. The molecule has 0 amide bonds. The van der Waals surface area contributed by atoms with Gasteiger partial charge in [-0.25, -0.2) is 4.39 Å². The minimum atomic E-state index is -0.144. The van der Waals surface area contributed by atoms with Gasteiger partial charge in [-0.15, -0.1) is 0 Å². The Hall–Kier alpha value is -1.67. The summed E-state index contributed by atoms with van der Waals surface area (Å²) >= 11 is 0. The van der Waals surface area contributed by atoms with Crippen LogP contribution in [0.25, 0.3) is 0 Å². The zero-order valence-electron chi connectivity index (χ0n) is 12.0. The molecule has 1 aliphatic carbocycles. The molecular formula is C18H20FN. The van der Waals surface area contributed by atoms with Crippen LogP contribution in [0.4, 0.5) is 4.39 Å². The Morgan fingerprint density at radius 1 is 1.25 bits per heavy atom. The number of benzene rings is 2. The van der Waals surface area contributed by atoms with Gasteiger partial charge in [-0.05, 0) is 67.1 Å². The van der Waals surface area contributed by atoms with Crippen LogP contribution in [0.15, 0.2) is 42.5 Å². The van der Waals surface area contributed by atoms with E-state index in [9.17, 15) is 4.39 Å². The van der Waals surface area contributed by atoms with Crippen LogP contribution in [0.1, 0.15) is 40.6 Å². The molecule has 2 atom stereocenters. The minimum absolute atomic E-state index is 0.144. The molecule has 0 saturated heterocycles. The number of halogens is 1. The fraction of sp³-hybridized carbons (Fsp3) is 0.333. The highest BCUT2D eigenvalue weighted by molar-refractivity contribution is 5.40. The molecule has 2 unspecified atom stereocenters. The van der Waals surface area contributed by atoms with Crippen molar-refractivity contribution in [3.63, 3.8) is 0 Å². The highest BCUT2D eigenvalue weighted by Crippen LogP contribution is 2.40. The lowest BCUT2D eigenvalue weighted by Crippen LogP contribution is -2.25. The van der Waals surface area contributed by atoms with E-state index in [1.165, 1.54) is 11.1 Å². The zero-order chi connectivity index (χ0) is 14.1. The van der Waals surface area contributed by atoms with Crippen LogP contribution < -0.4 is 5.32 Å². The van der Waals surface area contributed by atoms with E-state index < -0.39 is 0 Å². The van der Waals surface area contributed by atoms with Gasteiger partial charge in [0, 0.05) is 6.04 Å². The van der Waals surface area contributed by atoms with Gasteiger partial charge in [0.05, 0.1) is 0 Å². The molecule has 104 valence electrons. The van der Waals surface area contributed by atoms with Gasteiger partial charge in [0.2, 0.25) is 0 Å². The summed E-state index contributed by atoms with van der Waals surface area (Å²) in [6.45, 7) is 1.94. The van der Waals surface area contributed by atoms with Crippen molar-refractivity contribution in [2.45, 2.75) is 31.7 Å². The number of rotatable bonds is 4. The molecule has 0 bridgehead atoms. The molecule has 2 aromatic carbocycles. The molecule has 1 N–H and O–H groups in total. The Labute approximate surface area is 119 Å². The van der Waals surface area contributed by atoms with Crippen LogP contribution in [0.3, 0.4) is 0 Å². The molecule has 0 radical (unpaired) electrons. The van der Waals surface area contributed by atoms with Gasteiger partial charge in [-0.3, -0.25) is 0 Å². The third kappa shape index (κ3) is 2.48. The van der Waals surface area contributed by atoms with E-state index in [2.05, 4.69) is 35.6 Å². The van der Waals surface area contributed by atoms with Crippen LogP contribution in [0.5, 0.6) is 0 Å². The lowest BCUT2D eigenvalue weighted by atomic mass is 9.74. The SMILES string of the molecule is CNC(CC1Cc2ccccc21)c1cc(C)cc(F)c1. The molecule has 2 aromatic rings. The number of fused-ring (bicyclic) bond motifs is 1. The summed E-state index contributed by atoms with van der Waals surface area (Å²) in [5, 5.41) is 3.34. The first-order valence-electron chi connectivity index (χ1n) is 7.19. The molecule has 2 heteroatoms. The van der Waals surface area contributed by atoms with Crippen molar-refractivity contribution in [1.29, 1.82) is 0 Å². The van der Waals surface area contributed by atoms with Crippen molar-refractivity contribution in [2.75, 3.05) is 7.05 Å². The standard InChI is InChI=1S/C18H20FN/c1-12-7-15(10-16(19)8-12)18(20-2)11-14-9-13-5-3-4-6-17(13)14/h3-8,10,14,18,20H,9,11H2,1-2H3. The first kappa shape index (κ1) is 13.3. The maximum Gasteiger partial charge on any atom is 0.123 e. The predicted molar refractivity (Wildman–Crippen MR) is 80.4 cm³/mol. The molecule has 3 rings (SSSR count). The second-order valence-corrected chi connectivity index (χ2v) is 5.74. The van der Waals surface area contributed by atoms with Crippen LogP contribution >= 0.6 is 0 Å². The number of hydrogen-bond acceptors (Lipinski definition) is 1. The minimum Gasteiger partial charge on any atom is -0.313 e. The lowest BCUT2D eigenvalue weighted by Gasteiger charge is -2.33. The smallest absolute Gasteiger partial charge is 0.123 e. The number of hydrogen-bond donors (Lipinski definition) is 1. The van der Waals surface area contributed by atoms with Gasteiger partial charge >= 0.3 is 0 Å². The number of aryl methyl sites for hydroxylation is 1. The average molecular weight is 269 g/mol. The Balaban J connectivity index is 1.79. The molecule has 1 aliphatic rings. The summed E-state index contributed by atoms with van der Waals surface area (Å²) in [6, 6.07) is 14.1. The molecule has 0 fully saturated rings. The molecule has 1 nitrogen and oxygen atoms in total. The molecule has 0 saturated carbocycles. The van der Waals surface area contributed by atoms with E-state index in [1.807, 2.05) is 14.0 Å². The van der Waals surface area contributed by atoms with E-state index in [-0.39, 0.29) is 11.9 Å². The van der Waals surface area contributed by atoms with Crippen molar-refractivity contribution in [1.82, 2.24) is 5.32 Å². The van der Waals surface area contributed by atoms with Gasteiger partial charge < -0.3 is 5.32 Å². The van der Waals surface area contributed by atoms with E-state index in [0.29, 0.717) is 5.92 Å². The normalized spacial score (nSPS) is 18.2. The fourth-order valence-corrected chi connectivity index (χ4v) is 3.24. The molecule has 0 spiro atoms. The Morgan fingerprint density at radius 3 is 2.75 bits per heavy atom. The van der Waals surface area contributed by atoms with Crippen LogP contribution in [0.2, 0.25) is 0 Å².